The summed E-state index contributed by atoms with van der Waals surface area (Å²) in [5.41, 5.74) is 5.16. The van der Waals surface area contributed by atoms with Gasteiger partial charge in [-0.05, 0) is 42.2 Å². The van der Waals surface area contributed by atoms with Crippen LogP contribution in [-0.4, -0.2) is 45.8 Å². The van der Waals surface area contributed by atoms with Crippen LogP contribution in [0.25, 0.3) is 27.7 Å². The molecule has 0 radical (unpaired) electrons. The maximum Gasteiger partial charge on any atom is 0.407 e. The number of rotatable bonds is 5. The normalized spacial score (nSPS) is 14.2. The number of benzene rings is 1. The van der Waals surface area contributed by atoms with E-state index in [2.05, 4.69) is 29.0 Å². The molecule has 144 valence electrons. The third-order valence-corrected chi connectivity index (χ3v) is 5.00. The number of hydrogen-bond acceptors (Lipinski definition) is 3. The van der Waals surface area contributed by atoms with Gasteiger partial charge in [-0.1, -0.05) is 25.1 Å². The SMILES string of the molecule is CCCOc1cccc(-c2cnc3[nH]cc(C4=CCN(C(=O)O)CC4)c3c2)c1. The van der Waals surface area contributed by atoms with Crippen molar-refractivity contribution in [1.82, 2.24) is 14.9 Å². The molecule has 0 spiro atoms. The summed E-state index contributed by atoms with van der Waals surface area (Å²) >= 11 is 0. The Kier molecular flexibility index (Phi) is 5.02. The molecule has 1 aliphatic rings. The van der Waals surface area contributed by atoms with E-state index in [0.29, 0.717) is 26.1 Å². The summed E-state index contributed by atoms with van der Waals surface area (Å²) in [6, 6.07) is 10.2. The molecule has 2 N–H and O–H groups in total. The maximum atomic E-state index is 11.1. The molecule has 1 aromatic carbocycles. The number of fused-ring (bicyclic) bond motifs is 1. The molecule has 1 amide bonds. The molecule has 6 heteroatoms. The van der Waals surface area contributed by atoms with E-state index in [1.165, 1.54) is 4.90 Å². The summed E-state index contributed by atoms with van der Waals surface area (Å²) in [6.45, 7) is 3.72. The number of nitrogens with zero attached hydrogens (tertiary/aromatic N) is 2. The standard InChI is InChI=1S/C22H23N3O3/c1-2-10-28-18-5-3-4-16(11-18)17-12-19-20(14-24-21(19)23-13-17)15-6-8-25(9-7-15)22(26)27/h3-6,11-14H,2,7-10H2,1H3,(H,23,24)(H,26,27). The smallest absolute Gasteiger partial charge is 0.407 e. The zero-order valence-electron chi connectivity index (χ0n) is 15.8. The number of aromatic nitrogens is 2. The van der Waals surface area contributed by atoms with Crippen molar-refractivity contribution in [1.29, 1.82) is 0 Å². The highest BCUT2D eigenvalue weighted by Crippen LogP contribution is 2.32. The molecule has 3 aromatic rings. The second-order valence-electron chi connectivity index (χ2n) is 6.91. The van der Waals surface area contributed by atoms with Gasteiger partial charge in [-0.2, -0.15) is 0 Å². The second-order valence-corrected chi connectivity index (χ2v) is 6.91. The molecule has 2 aromatic heterocycles. The Bertz CT molecular complexity index is 1040. The molecule has 0 unspecified atom stereocenters. The lowest BCUT2D eigenvalue weighted by molar-refractivity contribution is 0.150. The summed E-state index contributed by atoms with van der Waals surface area (Å²) in [5.74, 6) is 0.859. The van der Waals surface area contributed by atoms with E-state index >= 15 is 0 Å². The van der Waals surface area contributed by atoms with Crippen molar-refractivity contribution in [2.75, 3.05) is 19.7 Å². The molecular formula is C22H23N3O3. The minimum absolute atomic E-state index is 0.418. The van der Waals surface area contributed by atoms with Gasteiger partial charge in [-0.15, -0.1) is 0 Å². The van der Waals surface area contributed by atoms with Crippen LogP contribution in [0.3, 0.4) is 0 Å². The molecule has 0 aliphatic carbocycles. The third kappa shape index (κ3) is 3.58. The van der Waals surface area contributed by atoms with Crippen LogP contribution in [0.4, 0.5) is 4.79 Å². The average molecular weight is 377 g/mol. The monoisotopic (exact) mass is 377 g/mol. The molecule has 3 heterocycles. The molecule has 4 rings (SSSR count). The number of nitrogens with one attached hydrogen (secondary N) is 1. The summed E-state index contributed by atoms with van der Waals surface area (Å²) < 4.78 is 5.75. The lowest BCUT2D eigenvalue weighted by Gasteiger charge is -2.23. The Morgan fingerprint density at radius 2 is 2.21 bits per heavy atom. The summed E-state index contributed by atoms with van der Waals surface area (Å²) in [7, 11) is 0. The molecular weight excluding hydrogens is 354 g/mol. The zero-order valence-corrected chi connectivity index (χ0v) is 15.8. The van der Waals surface area contributed by atoms with E-state index < -0.39 is 6.09 Å². The van der Waals surface area contributed by atoms with E-state index in [1.54, 1.807) is 0 Å². The Hall–Kier alpha value is -3.28. The van der Waals surface area contributed by atoms with Gasteiger partial charge in [0.2, 0.25) is 0 Å². The van der Waals surface area contributed by atoms with Crippen molar-refractivity contribution >= 4 is 22.7 Å². The number of hydrogen-bond donors (Lipinski definition) is 2. The highest BCUT2D eigenvalue weighted by molar-refractivity contribution is 5.93. The molecule has 0 bridgehead atoms. The fourth-order valence-corrected chi connectivity index (χ4v) is 3.50. The largest absolute Gasteiger partial charge is 0.494 e. The fraction of sp³-hybridized carbons (Fsp3) is 0.273. The van der Waals surface area contributed by atoms with Gasteiger partial charge in [-0.25, -0.2) is 9.78 Å². The minimum Gasteiger partial charge on any atom is -0.494 e. The van der Waals surface area contributed by atoms with E-state index in [-0.39, 0.29) is 0 Å². The van der Waals surface area contributed by atoms with Crippen LogP contribution in [0.1, 0.15) is 25.3 Å². The first kappa shape index (κ1) is 18.1. The van der Waals surface area contributed by atoms with Crippen molar-refractivity contribution in [3.8, 4) is 16.9 Å². The number of carboxylic acid groups (broad SMARTS) is 1. The van der Waals surface area contributed by atoms with Gasteiger partial charge in [0.25, 0.3) is 0 Å². The number of amides is 1. The summed E-state index contributed by atoms with van der Waals surface area (Å²) in [4.78, 5) is 20.4. The van der Waals surface area contributed by atoms with Crippen molar-refractivity contribution < 1.29 is 14.6 Å². The molecule has 0 atom stereocenters. The summed E-state index contributed by atoms with van der Waals surface area (Å²) in [5, 5.41) is 10.2. The van der Waals surface area contributed by atoms with Crippen LogP contribution < -0.4 is 4.74 Å². The molecule has 0 saturated carbocycles. The topological polar surface area (TPSA) is 78.5 Å². The molecule has 6 nitrogen and oxygen atoms in total. The van der Waals surface area contributed by atoms with Gasteiger partial charge in [-0.3, -0.25) is 0 Å². The van der Waals surface area contributed by atoms with Crippen molar-refractivity contribution in [3.63, 3.8) is 0 Å². The Morgan fingerprint density at radius 1 is 1.32 bits per heavy atom. The van der Waals surface area contributed by atoms with Gasteiger partial charge in [0.05, 0.1) is 6.61 Å². The predicted molar refractivity (Wildman–Crippen MR) is 110 cm³/mol. The zero-order chi connectivity index (χ0) is 19.5. The maximum absolute atomic E-state index is 11.1. The number of carbonyl (C=O) groups is 1. The first-order valence-electron chi connectivity index (χ1n) is 9.53. The number of pyridine rings is 1. The first-order chi connectivity index (χ1) is 13.7. The fourth-order valence-electron chi connectivity index (χ4n) is 3.50. The lowest BCUT2D eigenvalue weighted by atomic mass is 9.98. The molecule has 28 heavy (non-hydrogen) atoms. The number of H-pyrrole nitrogens is 1. The predicted octanol–water partition coefficient (Wildman–Crippen LogP) is 4.79. The number of ether oxygens (including phenoxy) is 1. The van der Waals surface area contributed by atoms with E-state index in [0.717, 1.165) is 45.5 Å². The Balaban J connectivity index is 1.66. The van der Waals surface area contributed by atoms with Gasteiger partial charge < -0.3 is 19.7 Å². The quantitative estimate of drug-likeness (QED) is 0.670. The van der Waals surface area contributed by atoms with Crippen molar-refractivity contribution in [3.05, 3.63) is 54.4 Å². The lowest BCUT2D eigenvalue weighted by Crippen LogP contribution is -2.33. The second kappa shape index (κ2) is 7.76. The van der Waals surface area contributed by atoms with E-state index in [1.807, 2.05) is 36.7 Å². The van der Waals surface area contributed by atoms with E-state index in [9.17, 15) is 4.79 Å². The minimum atomic E-state index is -0.872. The van der Waals surface area contributed by atoms with Crippen molar-refractivity contribution in [2.24, 2.45) is 0 Å². The Labute approximate surface area is 163 Å². The van der Waals surface area contributed by atoms with Crippen molar-refractivity contribution in [2.45, 2.75) is 19.8 Å². The van der Waals surface area contributed by atoms with Gasteiger partial charge in [0.15, 0.2) is 0 Å². The molecule has 1 aliphatic heterocycles. The average Bonchev–Trinajstić information content (AvgIpc) is 3.15. The van der Waals surface area contributed by atoms with Crippen LogP contribution in [0, 0.1) is 0 Å². The van der Waals surface area contributed by atoms with Gasteiger partial charge in [0.1, 0.15) is 11.4 Å². The van der Waals surface area contributed by atoms with Crippen LogP contribution in [0.2, 0.25) is 0 Å². The summed E-state index contributed by atoms with van der Waals surface area (Å²) in [6.07, 6.45) is 6.62. The van der Waals surface area contributed by atoms with Gasteiger partial charge >= 0.3 is 6.09 Å². The highest BCUT2D eigenvalue weighted by atomic mass is 16.5. The van der Waals surface area contributed by atoms with Crippen LogP contribution in [-0.2, 0) is 0 Å². The molecule has 0 fully saturated rings. The van der Waals surface area contributed by atoms with Crippen LogP contribution in [0.15, 0.2) is 48.8 Å². The van der Waals surface area contributed by atoms with Crippen LogP contribution >= 0.6 is 0 Å². The van der Waals surface area contributed by atoms with Crippen LogP contribution in [0.5, 0.6) is 5.75 Å². The number of aromatic amines is 1. The van der Waals surface area contributed by atoms with E-state index in [4.69, 9.17) is 9.84 Å². The first-order valence-corrected chi connectivity index (χ1v) is 9.53. The highest BCUT2D eigenvalue weighted by Gasteiger charge is 2.19. The third-order valence-electron chi connectivity index (χ3n) is 5.00. The van der Waals surface area contributed by atoms with Gasteiger partial charge in [0, 0.05) is 42.0 Å². The Morgan fingerprint density at radius 3 is 2.96 bits per heavy atom. The molecule has 0 saturated heterocycles.